The average Bonchev–Trinajstić information content (AvgIpc) is 2.51. The van der Waals surface area contributed by atoms with Crippen LogP contribution in [-0.2, 0) is 20.9 Å². The predicted molar refractivity (Wildman–Crippen MR) is 74.6 cm³/mol. The highest BCUT2D eigenvalue weighted by Crippen LogP contribution is 2.00. The van der Waals surface area contributed by atoms with E-state index in [0.717, 1.165) is 5.56 Å². The van der Waals surface area contributed by atoms with Crippen molar-refractivity contribution in [3.63, 3.8) is 0 Å². The highest BCUT2D eigenvalue weighted by molar-refractivity contribution is 5.88. The lowest BCUT2D eigenvalue weighted by Gasteiger charge is -2.12. The van der Waals surface area contributed by atoms with E-state index < -0.39 is 23.9 Å². The number of nitrogens with two attached hydrogens (primary N) is 1. The first kappa shape index (κ1) is 16.4. The van der Waals surface area contributed by atoms with E-state index in [9.17, 15) is 14.4 Å². The molecular formula is C13H18N4O4. The lowest BCUT2D eigenvalue weighted by Crippen LogP contribution is -2.49. The Labute approximate surface area is 122 Å². The van der Waals surface area contributed by atoms with Crippen molar-refractivity contribution >= 4 is 17.9 Å². The SMILES string of the molecule is C[C@H](NC(=O)CNC(=O)OCc1ccccc1)C(=O)NN. The molecule has 0 saturated heterocycles. The maximum atomic E-state index is 11.5. The Bertz CT molecular complexity index is 492. The molecule has 1 aromatic rings. The molecule has 0 unspecified atom stereocenters. The van der Waals surface area contributed by atoms with Gasteiger partial charge in [-0.15, -0.1) is 0 Å². The number of carbonyl (C=O) groups excluding carboxylic acids is 3. The summed E-state index contributed by atoms with van der Waals surface area (Å²) in [5.74, 6) is 3.87. The monoisotopic (exact) mass is 294 g/mol. The van der Waals surface area contributed by atoms with E-state index in [1.54, 1.807) is 0 Å². The van der Waals surface area contributed by atoms with Gasteiger partial charge in [0.05, 0.1) is 0 Å². The number of ether oxygens (including phenoxy) is 1. The van der Waals surface area contributed by atoms with Gasteiger partial charge < -0.3 is 15.4 Å². The standard InChI is InChI=1S/C13H18N4O4/c1-9(12(19)17-14)16-11(18)7-15-13(20)21-8-10-5-3-2-4-6-10/h2-6,9H,7-8,14H2,1H3,(H,15,20)(H,16,18)(H,17,19)/t9-/m0/s1. The molecule has 0 spiro atoms. The normalized spacial score (nSPS) is 11.1. The minimum absolute atomic E-state index is 0.111. The molecule has 0 bridgehead atoms. The van der Waals surface area contributed by atoms with Crippen LogP contribution in [0.3, 0.4) is 0 Å². The van der Waals surface area contributed by atoms with Crippen molar-refractivity contribution in [3.05, 3.63) is 35.9 Å². The summed E-state index contributed by atoms with van der Waals surface area (Å²) in [6.07, 6.45) is -0.718. The Morgan fingerprint density at radius 1 is 1.24 bits per heavy atom. The number of nitrogens with one attached hydrogen (secondary N) is 3. The minimum atomic E-state index is -0.787. The fraction of sp³-hybridized carbons (Fsp3) is 0.308. The van der Waals surface area contributed by atoms with Gasteiger partial charge >= 0.3 is 6.09 Å². The fourth-order valence-electron chi connectivity index (χ4n) is 1.41. The van der Waals surface area contributed by atoms with Crippen LogP contribution in [0.2, 0.25) is 0 Å². The summed E-state index contributed by atoms with van der Waals surface area (Å²) in [7, 11) is 0. The number of benzene rings is 1. The molecule has 0 aliphatic heterocycles. The molecule has 8 nitrogen and oxygen atoms in total. The topological polar surface area (TPSA) is 123 Å². The number of hydrogen-bond donors (Lipinski definition) is 4. The first-order valence-electron chi connectivity index (χ1n) is 6.27. The lowest BCUT2D eigenvalue weighted by atomic mass is 10.2. The average molecular weight is 294 g/mol. The van der Waals surface area contributed by atoms with Gasteiger partial charge in [0.15, 0.2) is 0 Å². The molecule has 8 heteroatoms. The summed E-state index contributed by atoms with van der Waals surface area (Å²) in [6.45, 7) is 1.28. The van der Waals surface area contributed by atoms with E-state index in [-0.39, 0.29) is 13.2 Å². The van der Waals surface area contributed by atoms with Crippen molar-refractivity contribution in [2.75, 3.05) is 6.54 Å². The Kier molecular flexibility index (Phi) is 6.69. The van der Waals surface area contributed by atoms with E-state index in [4.69, 9.17) is 10.6 Å². The molecule has 114 valence electrons. The second-order valence-electron chi connectivity index (χ2n) is 4.21. The minimum Gasteiger partial charge on any atom is -0.445 e. The third kappa shape index (κ3) is 6.39. The van der Waals surface area contributed by atoms with E-state index in [1.807, 2.05) is 35.8 Å². The Morgan fingerprint density at radius 3 is 2.52 bits per heavy atom. The Morgan fingerprint density at radius 2 is 1.90 bits per heavy atom. The molecule has 1 rings (SSSR count). The van der Waals surface area contributed by atoms with Crippen molar-refractivity contribution in [3.8, 4) is 0 Å². The van der Waals surface area contributed by atoms with Gasteiger partial charge in [-0.3, -0.25) is 15.0 Å². The zero-order valence-electron chi connectivity index (χ0n) is 11.6. The van der Waals surface area contributed by atoms with Gasteiger partial charge in [-0.1, -0.05) is 30.3 Å². The van der Waals surface area contributed by atoms with Crippen LogP contribution in [0.25, 0.3) is 0 Å². The van der Waals surface area contributed by atoms with Gasteiger partial charge in [0.25, 0.3) is 5.91 Å². The lowest BCUT2D eigenvalue weighted by molar-refractivity contribution is -0.128. The Hall–Kier alpha value is -2.61. The molecule has 0 fully saturated rings. The second-order valence-corrected chi connectivity index (χ2v) is 4.21. The first-order valence-corrected chi connectivity index (χ1v) is 6.27. The largest absolute Gasteiger partial charge is 0.445 e. The van der Waals surface area contributed by atoms with Crippen LogP contribution in [0.4, 0.5) is 4.79 Å². The fourth-order valence-corrected chi connectivity index (χ4v) is 1.41. The molecule has 1 atom stereocenters. The number of amides is 3. The molecule has 0 aliphatic carbocycles. The molecule has 0 saturated carbocycles. The van der Waals surface area contributed by atoms with Crippen molar-refractivity contribution in [1.82, 2.24) is 16.1 Å². The van der Waals surface area contributed by atoms with Gasteiger partial charge in [-0.25, -0.2) is 10.6 Å². The van der Waals surface area contributed by atoms with E-state index in [1.165, 1.54) is 6.92 Å². The number of rotatable bonds is 6. The van der Waals surface area contributed by atoms with Crippen LogP contribution in [0.5, 0.6) is 0 Å². The van der Waals surface area contributed by atoms with E-state index in [2.05, 4.69) is 10.6 Å². The third-order valence-corrected chi connectivity index (χ3v) is 2.52. The zero-order valence-corrected chi connectivity index (χ0v) is 11.6. The van der Waals surface area contributed by atoms with Crippen molar-refractivity contribution in [2.45, 2.75) is 19.6 Å². The zero-order chi connectivity index (χ0) is 15.7. The van der Waals surface area contributed by atoms with Crippen LogP contribution < -0.4 is 21.9 Å². The second kappa shape index (κ2) is 8.54. The van der Waals surface area contributed by atoms with Crippen LogP contribution in [0.1, 0.15) is 12.5 Å². The summed E-state index contributed by atoms with van der Waals surface area (Å²) in [6, 6.07) is 8.35. The van der Waals surface area contributed by atoms with Crippen LogP contribution in [-0.4, -0.2) is 30.5 Å². The van der Waals surface area contributed by atoms with E-state index >= 15 is 0 Å². The molecule has 21 heavy (non-hydrogen) atoms. The molecule has 0 aliphatic rings. The van der Waals surface area contributed by atoms with Crippen LogP contribution in [0.15, 0.2) is 30.3 Å². The molecule has 5 N–H and O–H groups in total. The summed E-state index contributed by atoms with van der Waals surface area (Å²) >= 11 is 0. The van der Waals surface area contributed by atoms with Crippen LogP contribution >= 0.6 is 0 Å². The van der Waals surface area contributed by atoms with Crippen LogP contribution in [0, 0.1) is 0 Å². The van der Waals surface area contributed by atoms with Gasteiger partial charge in [-0.2, -0.15) is 0 Å². The summed E-state index contributed by atoms with van der Waals surface area (Å²) < 4.78 is 4.92. The number of hydrazine groups is 1. The smallest absolute Gasteiger partial charge is 0.407 e. The molecule has 0 aromatic heterocycles. The summed E-state index contributed by atoms with van der Waals surface area (Å²) in [4.78, 5) is 33.9. The van der Waals surface area contributed by atoms with Gasteiger partial charge in [0, 0.05) is 0 Å². The highest BCUT2D eigenvalue weighted by atomic mass is 16.5. The maximum absolute atomic E-state index is 11.5. The number of hydrogen-bond acceptors (Lipinski definition) is 5. The number of carbonyl (C=O) groups is 3. The van der Waals surface area contributed by atoms with E-state index in [0.29, 0.717) is 0 Å². The van der Waals surface area contributed by atoms with Crippen molar-refractivity contribution in [1.29, 1.82) is 0 Å². The van der Waals surface area contributed by atoms with Crippen molar-refractivity contribution < 1.29 is 19.1 Å². The predicted octanol–water partition coefficient (Wildman–Crippen LogP) is -0.593. The molecule has 1 aromatic carbocycles. The molecule has 0 heterocycles. The quantitative estimate of drug-likeness (QED) is 0.317. The van der Waals surface area contributed by atoms with Gasteiger partial charge in [-0.05, 0) is 12.5 Å². The highest BCUT2D eigenvalue weighted by Gasteiger charge is 2.14. The van der Waals surface area contributed by atoms with Gasteiger partial charge in [0.1, 0.15) is 19.2 Å². The third-order valence-electron chi connectivity index (χ3n) is 2.52. The van der Waals surface area contributed by atoms with Gasteiger partial charge in [0.2, 0.25) is 5.91 Å². The summed E-state index contributed by atoms with van der Waals surface area (Å²) in [5.41, 5.74) is 2.75. The molecule has 0 radical (unpaired) electrons. The molecule has 3 amide bonds. The van der Waals surface area contributed by atoms with Crippen molar-refractivity contribution in [2.24, 2.45) is 5.84 Å². The summed E-state index contributed by atoms with van der Waals surface area (Å²) in [5, 5.41) is 4.64. The number of alkyl carbamates (subject to hydrolysis) is 1. The Balaban J connectivity index is 2.23. The molecular weight excluding hydrogens is 276 g/mol. The maximum Gasteiger partial charge on any atom is 0.407 e. The first-order chi connectivity index (χ1) is 10.0.